The molecule has 0 unspecified atom stereocenters. The van der Waals surface area contributed by atoms with Gasteiger partial charge in [-0.2, -0.15) is 0 Å². The van der Waals surface area contributed by atoms with Gasteiger partial charge in [0.05, 0.1) is 0 Å². The zero-order valence-corrected chi connectivity index (χ0v) is 13.2. The first-order chi connectivity index (χ1) is 12.0. The fourth-order valence-corrected chi connectivity index (χ4v) is 3.42. The molecule has 126 valence electrons. The molecule has 5 nitrogen and oxygen atoms in total. The van der Waals surface area contributed by atoms with Crippen molar-refractivity contribution >= 4 is 22.8 Å². The highest BCUT2D eigenvalue weighted by Crippen LogP contribution is 2.31. The number of carboxylic acids is 1. The van der Waals surface area contributed by atoms with E-state index in [4.69, 9.17) is 0 Å². The molecule has 3 aromatic rings. The maximum Gasteiger partial charge on any atom is 0.330 e. The van der Waals surface area contributed by atoms with Crippen LogP contribution in [0.25, 0.3) is 10.9 Å². The lowest BCUT2D eigenvalue weighted by atomic mass is 9.95. The second-order valence-electron chi connectivity index (χ2n) is 6.38. The maximum absolute atomic E-state index is 13.3. The molecule has 0 bridgehead atoms. The van der Waals surface area contributed by atoms with Crippen LogP contribution in [0.2, 0.25) is 0 Å². The van der Waals surface area contributed by atoms with Crippen molar-refractivity contribution in [3.8, 4) is 0 Å². The molecule has 0 saturated carbocycles. The summed E-state index contributed by atoms with van der Waals surface area (Å²) in [4.78, 5) is 27.4. The topological polar surface area (TPSA) is 82.2 Å². The van der Waals surface area contributed by atoms with Gasteiger partial charge in [0.2, 0.25) is 0 Å². The average molecular weight is 338 g/mol. The van der Waals surface area contributed by atoms with Crippen LogP contribution in [0.15, 0.2) is 48.5 Å². The van der Waals surface area contributed by atoms with Crippen LogP contribution in [0, 0.1) is 5.82 Å². The first-order valence-corrected chi connectivity index (χ1v) is 7.88. The van der Waals surface area contributed by atoms with Crippen molar-refractivity contribution in [2.24, 2.45) is 0 Å². The fraction of sp³-hybridized carbons (Fsp3) is 0.158. The Kier molecular flexibility index (Phi) is 3.35. The monoisotopic (exact) mass is 338 g/mol. The van der Waals surface area contributed by atoms with Gasteiger partial charge in [-0.3, -0.25) is 4.79 Å². The third-order valence-corrected chi connectivity index (χ3v) is 4.69. The fourth-order valence-electron chi connectivity index (χ4n) is 3.42. The van der Waals surface area contributed by atoms with Crippen LogP contribution in [-0.4, -0.2) is 27.5 Å². The molecule has 0 fully saturated rings. The summed E-state index contributed by atoms with van der Waals surface area (Å²) < 4.78 is 13.3. The quantitative estimate of drug-likeness (QED) is 0.687. The van der Waals surface area contributed by atoms with Gasteiger partial charge in [-0.15, -0.1) is 0 Å². The number of H-pyrrole nitrogens is 1. The average Bonchev–Trinajstić information content (AvgIpc) is 3.15. The lowest BCUT2D eigenvalue weighted by Gasteiger charge is -2.25. The zero-order valence-electron chi connectivity index (χ0n) is 13.2. The molecular formula is C19H15FN2O3. The van der Waals surface area contributed by atoms with Crippen LogP contribution in [-0.2, 0) is 17.6 Å². The summed E-state index contributed by atoms with van der Waals surface area (Å²) in [5.74, 6) is -1.99. The summed E-state index contributed by atoms with van der Waals surface area (Å²) >= 11 is 0. The van der Waals surface area contributed by atoms with Gasteiger partial charge in [0.25, 0.3) is 5.91 Å². The van der Waals surface area contributed by atoms with E-state index in [2.05, 4.69) is 10.3 Å². The number of halogens is 1. The molecule has 4 rings (SSSR count). The summed E-state index contributed by atoms with van der Waals surface area (Å²) in [5.41, 5.74) is 1.29. The normalized spacial score (nSPS) is 15.1. The molecule has 0 saturated heterocycles. The van der Waals surface area contributed by atoms with E-state index in [1.807, 2.05) is 24.3 Å². The van der Waals surface area contributed by atoms with Crippen molar-refractivity contribution < 1.29 is 19.1 Å². The minimum absolute atomic E-state index is 0.206. The minimum atomic E-state index is -1.37. The van der Waals surface area contributed by atoms with Crippen LogP contribution >= 0.6 is 0 Å². The molecule has 3 N–H and O–H groups in total. The maximum atomic E-state index is 13.3. The van der Waals surface area contributed by atoms with Crippen LogP contribution < -0.4 is 5.32 Å². The van der Waals surface area contributed by atoms with Crippen molar-refractivity contribution in [1.29, 1.82) is 0 Å². The second kappa shape index (κ2) is 5.44. The highest BCUT2D eigenvalue weighted by molar-refractivity contribution is 6.00. The molecule has 0 atom stereocenters. The molecule has 1 aromatic heterocycles. The standard InChI is InChI=1S/C19H15FN2O3/c20-14-5-6-15-13(7-14)8-16(21-15)17(23)22-19(18(24)25)9-11-3-1-2-4-12(11)10-19/h1-8,21H,9-10H2,(H,22,23)(H,24,25). The number of aromatic nitrogens is 1. The Bertz CT molecular complexity index is 984. The van der Waals surface area contributed by atoms with Crippen LogP contribution in [0.1, 0.15) is 21.6 Å². The summed E-state index contributed by atoms with van der Waals surface area (Å²) in [6.07, 6.45) is 0.470. The number of hydrogen-bond donors (Lipinski definition) is 3. The van der Waals surface area contributed by atoms with E-state index < -0.39 is 23.2 Å². The van der Waals surface area contributed by atoms with E-state index in [1.54, 1.807) is 6.07 Å². The molecule has 1 aliphatic carbocycles. The lowest BCUT2D eigenvalue weighted by molar-refractivity contribution is -0.144. The first kappa shape index (κ1) is 15.4. The van der Waals surface area contributed by atoms with E-state index in [0.29, 0.717) is 10.9 Å². The molecular weight excluding hydrogens is 323 g/mol. The molecule has 6 heteroatoms. The smallest absolute Gasteiger partial charge is 0.330 e. The number of rotatable bonds is 3. The second-order valence-corrected chi connectivity index (χ2v) is 6.38. The van der Waals surface area contributed by atoms with Crippen LogP contribution in [0.3, 0.4) is 0 Å². The highest BCUT2D eigenvalue weighted by atomic mass is 19.1. The lowest BCUT2D eigenvalue weighted by Crippen LogP contribution is -2.55. The van der Waals surface area contributed by atoms with Gasteiger partial charge >= 0.3 is 5.97 Å². The summed E-state index contributed by atoms with van der Waals surface area (Å²) in [6.45, 7) is 0. The number of carboxylic acid groups (broad SMARTS) is 1. The van der Waals surface area contributed by atoms with Crippen LogP contribution in [0.5, 0.6) is 0 Å². The van der Waals surface area contributed by atoms with E-state index in [1.165, 1.54) is 18.2 Å². The Morgan fingerprint density at radius 1 is 1.08 bits per heavy atom. The molecule has 0 radical (unpaired) electrons. The summed E-state index contributed by atoms with van der Waals surface area (Å²) in [7, 11) is 0. The number of aliphatic carboxylic acids is 1. The predicted octanol–water partition coefficient (Wildman–Crippen LogP) is 2.66. The van der Waals surface area contributed by atoms with E-state index >= 15 is 0 Å². The van der Waals surface area contributed by atoms with Crippen molar-refractivity contribution in [2.75, 3.05) is 0 Å². The number of carbonyl (C=O) groups is 2. The van der Waals surface area contributed by atoms with Gasteiger partial charge in [-0.05, 0) is 35.4 Å². The molecule has 0 aliphatic heterocycles. The van der Waals surface area contributed by atoms with Gasteiger partial charge in [-0.25, -0.2) is 9.18 Å². The minimum Gasteiger partial charge on any atom is -0.479 e. The number of aromatic amines is 1. The van der Waals surface area contributed by atoms with Gasteiger partial charge < -0.3 is 15.4 Å². The molecule has 0 spiro atoms. The number of fused-ring (bicyclic) bond motifs is 2. The molecule has 1 aliphatic rings. The SMILES string of the molecule is O=C(NC1(C(=O)O)Cc2ccccc2C1)c1cc2cc(F)ccc2[nH]1. The summed E-state index contributed by atoms with van der Waals surface area (Å²) in [6, 6.07) is 13.1. The third-order valence-electron chi connectivity index (χ3n) is 4.69. The van der Waals surface area contributed by atoms with Crippen LogP contribution in [0.4, 0.5) is 4.39 Å². The van der Waals surface area contributed by atoms with E-state index in [0.717, 1.165) is 11.1 Å². The Labute approximate surface area is 142 Å². The van der Waals surface area contributed by atoms with Crippen molar-refractivity contribution in [2.45, 2.75) is 18.4 Å². The number of nitrogens with one attached hydrogen (secondary N) is 2. The van der Waals surface area contributed by atoms with Gasteiger partial charge in [0, 0.05) is 23.7 Å². The van der Waals surface area contributed by atoms with Gasteiger partial charge in [-0.1, -0.05) is 24.3 Å². The molecule has 1 heterocycles. The zero-order chi connectivity index (χ0) is 17.6. The van der Waals surface area contributed by atoms with Crippen molar-refractivity contribution in [3.05, 3.63) is 71.2 Å². The molecule has 25 heavy (non-hydrogen) atoms. The Hall–Kier alpha value is -3.15. The Morgan fingerprint density at radius 3 is 2.40 bits per heavy atom. The Balaban J connectivity index is 1.64. The first-order valence-electron chi connectivity index (χ1n) is 7.88. The van der Waals surface area contributed by atoms with E-state index in [9.17, 15) is 19.1 Å². The summed E-state index contributed by atoms with van der Waals surface area (Å²) in [5, 5.41) is 13.0. The van der Waals surface area contributed by atoms with Gasteiger partial charge in [0.1, 0.15) is 17.1 Å². The largest absolute Gasteiger partial charge is 0.479 e. The molecule has 1 amide bonds. The number of carbonyl (C=O) groups excluding carboxylic acids is 1. The number of hydrogen-bond acceptors (Lipinski definition) is 2. The number of benzene rings is 2. The van der Waals surface area contributed by atoms with Gasteiger partial charge in [0.15, 0.2) is 0 Å². The number of amides is 1. The Morgan fingerprint density at radius 2 is 1.76 bits per heavy atom. The molecule has 2 aromatic carbocycles. The predicted molar refractivity (Wildman–Crippen MR) is 89.9 cm³/mol. The third kappa shape index (κ3) is 2.55. The highest BCUT2D eigenvalue weighted by Gasteiger charge is 2.45. The van der Waals surface area contributed by atoms with Crippen molar-refractivity contribution in [3.63, 3.8) is 0 Å². The van der Waals surface area contributed by atoms with Crippen molar-refractivity contribution in [1.82, 2.24) is 10.3 Å². The van der Waals surface area contributed by atoms with E-state index in [-0.39, 0.29) is 18.5 Å².